The van der Waals surface area contributed by atoms with Gasteiger partial charge in [-0.3, -0.25) is 4.90 Å². The number of ether oxygens (including phenoxy) is 2. The molecule has 172 valence electrons. The van der Waals surface area contributed by atoms with Crippen LogP contribution in [0.4, 0.5) is 0 Å². The van der Waals surface area contributed by atoms with E-state index in [0.717, 1.165) is 57.3 Å². The molecule has 1 aliphatic rings. The third-order valence-corrected chi connectivity index (χ3v) is 4.90. The third-order valence-electron chi connectivity index (χ3n) is 4.90. The SMILES string of the molecule is CCNC(=NCc1ccc(O)c(OCC)c1)NCC(CC(C)C)N1CCOCC1.I. The third kappa shape index (κ3) is 9.26. The maximum atomic E-state index is 9.87. The van der Waals surface area contributed by atoms with Crippen molar-refractivity contribution >= 4 is 29.9 Å². The number of hydrogen-bond acceptors (Lipinski definition) is 5. The van der Waals surface area contributed by atoms with Crippen LogP contribution in [0.1, 0.15) is 39.7 Å². The molecular weight excluding hydrogens is 495 g/mol. The molecule has 30 heavy (non-hydrogen) atoms. The summed E-state index contributed by atoms with van der Waals surface area (Å²) in [6.45, 7) is 14.8. The average molecular weight is 534 g/mol. The lowest BCUT2D eigenvalue weighted by molar-refractivity contribution is 0.0132. The van der Waals surface area contributed by atoms with E-state index in [2.05, 4.69) is 36.3 Å². The second-order valence-corrected chi connectivity index (χ2v) is 7.74. The van der Waals surface area contributed by atoms with E-state index in [1.54, 1.807) is 6.07 Å². The van der Waals surface area contributed by atoms with Gasteiger partial charge in [-0.05, 0) is 43.9 Å². The molecule has 3 N–H and O–H groups in total. The van der Waals surface area contributed by atoms with Crippen molar-refractivity contribution in [2.24, 2.45) is 10.9 Å². The van der Waals surface area contributed by atoms with Crippen LogP contribution in [0.25, 0.3) is 0 Å². The highest BCUT2D eigenvalue weighted by Gasteiger charge is 2.22. The number of hydrogen-bond donors (Lipinski definition) is 3. The molecule has 1 aromatic rings. The molecule has 7 nitrogen and oxygen atoms in total. The second kappa shape index (κ2) is 14.7. The maximum Gasteiger partial charge on any atom is 0.191 e. The summed E-state index contributed by atoms with van der Waals surface area (Å²) in [5.74, 6) is 2.10. The van der Waals surface area contributed by atoms with Gasteiger partial charge in [0.05, 0.1) is 26.4 Å². The van der Waals surface area contributed by atoms with E-state index in [1.165, 1.54) is 0 Å². The Labute approximate surface area is 198 Å². The fourth-order valence-corrected chi connectivity index (χ4v) is 3.50. The number of halogens is 1. The first-order chi connectivity index (χ1) is 14.0. The number of benzene rings is 1. The zero-order valence-corrected chi connectivity index (χ0v) is 21.1. The normalized spacial score (nSPS) is 16.1. The number of nitrogens with zero attached hydrogens (tertiary/aromatic N) is 2. The van der Waals surface area contributed by atoms with Gasteiger partial charge in [0, 0.05) is 32.2 Å². The van der Waals surface area contributed by atoms with Crippen molar-refractivity contribution in [3.05, 3.63) is 23.8 Å². The number of morpholine rings is 1. The van der Waals surface area contributed by atoms with Crippen molar-refractivity contribution in [3.8, 4) is 11.5 Å². The van der Waals surface area contributed by atoms with Gasteiger partial charge in [-0.2, -0.15) is 0 Å². The minimum absolute atomic E-state index is 0. The van der Waals surface area contributed by atoms with E-state index in [-0.39, 0.29) is 29.7 Å². The maximum absolute atomic E-state index is 9.87. The molecule has 2 rings (SSSR count). The molecule has 0 amide bonds. The van der Waals surface area contributed by atoms with Gasteiger partial charge in [0.25, 0.3) is 0 Å². The Morgan fingerprint density at radius 3 is 2.60 bits per heavy atom. The average Bonchev–Trinajstić information content (AvgIpc) is 2.71. The second-order valence-electron chi connectivity index (χ2n) is 7.74. The highest BCUT2D eigenvalue weighted by Crippen LogP contribution is 2.27. The molecule has 1 atom stereocenters. The van der Waals surface area contributed by atoms with E-state index < -0.39 is 0 Å². The first kappa shape index (κ1) is 26.8. The number of aliphatic imine (C=N–C) groups is 1. The van der Waals surface area contributed by atoms with E-state index in [0.29, 0.717) is 30.9 Å². The molecule has 1 fully saturated rings. The molecule has 0 radical (unpaired) electrons. The Morgan fingerprint density at radius 1 is 1.23 bits per heavy atom. The van der Waals surface area contributed by atoms with Gasteiger partial charge in [-0.15, -0.1) is 24.0 Å². The van der Waals surface area contributed by atoms with Crippen LogP contribution in [0.3, 0.4) is 0 Å². The topological polar surface area (TPSA) is 78.4 Å². The Kier molecular flexibility index (Phi) is 13.1. The zero-order chi connectivity index (χ0) is 21.1. The summed E-state index contributed by atoms with van der Waals surface area (Å²) < 4.78 is 11.0. The standard InChI is InChI=1S/C22H38N4O3.HI/c1-5-23-22(24-15-18-7-8-20(27)21(14-18)29-6-2)25-16-19(13-17(3)4)26-9-11-28-12-10-26;/h7-8,14,17,19,27H,5-6,9-13,15-16H2,1-4H3,(H2,23,24,25);1H. The molecule has 1 aromatic carbocycles. The van der Waals surface area contributed by atoms with Crippen molar-refractivity contribution in [2.45, 2.75) is 46.7 Å². The molecule has 0 aliphatic carbocycles. The minimum atomic E-state index is 0. The molecule has 0 saturated carbocycles. The van der Waals surface area contributed by atoms with Crippen molar-refractivity contribution < 1.29 is 14.6 Å². The zero-order valence-electron chi connectivity index (χ0n) is 18.8. The van der Waals surface area contributed by atoms with Gasteiger partial charge in [-0.1, -0.05) is 19.9 Å². The molecule has 1 saturated heterocycles. The molecule has 1 unspecified atom stereocenters. The lowest BCUT2D eigenvalue weighted by Gasteiger charge is -2.35. The molecule has 0 spiro atoms. The summed E-state index contributed by atoms with van der Waals surface area (Å²) in [6.07, 6.45) is 1.14. The molecular formula is C22H39IN4O3. The Hall–Kier alpha value is -1.26. The van der Waals surface area contributed by atoms with Crippen LogP contribution >= 0.6 is 24.0 Å². The quantitative estimate of drug-likeness (QED) is 0.243. The minimum Gasteiger partial charge on any atom is -0.504 e. The van der Waals surface area contributed by atoms with Gasteiger partial charge in [0.1, 0.15) is 0 Å². The Balaban J connectivity index is 0.00000450. The largest absolute Gasteiger partial charge is 0.504 e. The van der Waals surface area contributed by atoms with Crippen LogP contribution in [0.2, 0.25) is 0 Å². The summed E-state index contributed by atoms with van der Waals surface area (Å²) in [7, 11) is 0. The number of phenolic OH excluding ortho intramolecular Hbond substituents is 1. The van der Waals surface area contributed by atoms with Gasteiger partial charge < -0.3 is 25.2 Å². The molecule has 0 bridgehead atoms. The first-order valence-electron chi connectivity index (χ1n) is 10.8. The fraction of sp³-hybridized carbons (Fsp3) is 0.682. The van der Waals surface area contributed by atoms with E-state index in [4.69, 9.17) is 14.5 Å². The molecule has 0 aromatic heterocycles. The first-order valence-corrected chi connectivity index (χ1v) is 10.8. The number of rotatable bonds is 10. The highest BCUT2D eigenvalue weighted by molar-refractivity contribution is 14.0. The lowest BCUT2D eigenvalue weighted by atomic mass is 10.0. The molecule has 1 aliphatic heterocycles. The van der Waals surface area contributed by atoms with Crippen molar-refractivity contribution in [2.75, 3.05) is 46.0 Å². The van der Waals surface area contributed by atoms with Crippen LogP contribution in [-0.4, -0.2) is 68.0 Å². The number of guanidine groups is 1. The van der Waals surface area contributed by atoms with Gasteiger partial charge in [-0.25, -0.2) is 4.99 Å². The molecule has 1 heterocycles. The van der Waals surface area contributed by atoms with Crippen molar-refractivity contribution in [3.63, 3.8) is 0 Å². The monoisotopic (exact) mass is 534 g/mol. The summed E-state index contributed by atoms with van der Waals surface area (Å²) in [5, 5.41) is 16.7. The van der Waals surface area contributed by atoms with Crippen LogP contribution in [0.15, 0.2) is 23.2 Å². The van der Waals surface area contributed by atoms with Crippen molar-refractivity contribution in [1.82, 2.24) is 15.5 Å². The van der Waals surface area contributed by atoms with E-state index in [9.17, 15) is 5.11 Å². The molecule has 8 heteroatoms. The van der Waals surface area contributed by atoms with E-state index >= 15 is 0 Å². The summed E-state index contributed by atoms with van der Waals surface area (Å²) in [4.78, 5) is 7.25. The summed E-state index contributed by atoms with van der Waals surface area (Å²) in [6, 6.07) is 5.84. The summed E-state index contributed by atoms with van der Waals surface area (Å²) >= 11 is 0. The number of phenols is 1. The highest BCUT2D eigenvalue weighted by atomic mass is 127. The van der Waals surface area contributed by atoms with Crippen molar-refractivity contribution in [1.29, 1.82) is 0 Å². The lowest BCUT2D eigenvalue weighted by Crippen LogP contribution is -2.51. The number of aromatic hydroxyl groups is 1. The predicted octanol–water partition coefficient (Wildman–Crippen LogP) is 3.21. The Morgan fingerprint density at radius 2 is 1.97 bits per heavy atom. The van der Waals surface area contributed by atoms with Gasteiger partial charge >= 0.3 is 0 Å². The smallest absolute Gasteiger partial charge is 0.191 e. The van der Waals surface area contributed by atoms with Crippen LogP contribution in [0.5, 0.6) is 11.5 Å². The fourth-order valence-electron chi connectivity index (χ4n) is 3.50. The van der Waals surface area contributed by atoms with Gasteiger partial charge in [0.2, 0.25) is 0 Å². The van der Waals surface area contributed by atoms with Crippen LogP contribution in [0, 0.1) is 5.92 Å². The van der Waals surface area contributed by atoms with Crippen LogP contribution in [-0.2, 0) is 11.3 Å². The summed E-state index contributed by atoms with van der Waals surface area (Å²) in [5.41, 5.74) is 0.996. The number of nitrogens with one attached hydrogen (secondary N) is 2. The van der Waals surface area contributed by atoms with E-state index in [1.807, 2.05) is 19.1 Å². The Bertz CT molecular complexity index is 637. The predicted molar refractivity (Wildman–Crippen MR) is 133 cm³/mol. The van der Waals surface area contributed by atoms with Crippen LogP contribution < -0.4 is 15.4 Å². The van der Waals surface area contributed by atoms with Gasteiger partial charge in [0.15, 0.2) is 17.5 Å².